The van der Waals surface area contributed by atoms with Crippen molar-refractivity contribution < 1.29 is 8.78 Å². The van der Waals surface area contributed by atoms with E-state index in [4.69, 9.17) is 0 Å². The highest BCUT2D eigenvalue weighted by atomic mass is 19.1. The number of rotatable bonds is 4. The number of nitrogens with one attached hydrogen (secondary N) is 1. The summed E-state index contributed by atoms with van der Waals surface area (Å²) < 4.78 is 26.5. The Labute approximate surface area is 114 Å². The van der Waals surface area contributed by atoms with E-state index in [2.05, 4.69) is 19.2 Å². The summed E-state index contributed by atoms with van der Waals surface area (Å²) in [6.45, 7) is 4.59. The third-order valence-corrected chi connectivity index (χ3v) is 4.57. The van der Waals surface area contributed by atoms with E-state index in [9.17, 15) is 8.78 Å². The molecular weight excluding hydrogens is 244 g/mol. The molecule has 2 atom stereocenters. The Morgan fingerprint density at radius 3 is 2.37 bits per heavy atom. The minimum absolute atomic E-state index is 0.277. The van der Waals surface area contributed by atoms with Crippen LogP contribution in [0.15, 0.2) is 18.2 Å². The highest BCUT2D eigenvalue weighted by Crippen LogP contribution is 2.44. The Bertz CT molecular complexity index is 422. The average molecular weight is 267 g/mol. The Morgan fingerprint density at radius 2 is 1.89 bits per heavy atom. The van der Waals surface area contributed by atoms with Crippen molar-refractivity contribution in [2.75, 3.05) is 7.05 Å². The molecule has 0 heterocycles. The predicted octanol–water partition coefficient (Wildman–Crippen LogP) is 3.92. The van der Waals surface area contributed by atoms with Crippen LogP contribution >= 0.6 is 0 Å². The van der Waals surface area contributed by atoms with Crippen molar-refractivity contribution >= 4 is 0 Å². The maximum atomic E-state index is 13.3. The first-order valence-corrected chi connectivity index (χ1v) is 7.04. The van der Waals surface area contributed by atoms with Crippen LogP contribution in [0.25, 0.3) is 0 Å². The lowest BCUT2D eigenvalue weighted by Crippen LogP contribution is -2.40. The van der Waals surface area contributed by atoms with Gasteiger partial charge in [-0.2, -0.15) is 0 Å². The second-order valence-electron chi connectivity index (χ2n) is 6.36. The van der Waals surface area contributed by atoms with Gasteiger partial charge in [0.15, 0.2) is 0 Å². The molecule has 0 saturated heterocycles. The van der Waals surface area contributed by atoms with E-state index in [0.717, 1.165) is 11.6 Å². The normalized spacial score (nSPS) is 23.5. The molecule has 1 fully saturated rings. The smallest absolute Gasteiger partial charge is 0.126 e. The van der Waals surface area contributed by atoms with E-state index in [1.807, 2.05) is 7.05 Å². The SMILES string of the molecule is CNC(Cc1cc(F)cc(F)c1)C1CCCC1(C)C. The minimum atomic E-state index is -0.490. The molecule has 1 aliphatic carbocycles. The predicted molar refractivity (Wildman–Crippen MR) is 74.0 cm³/mol. The number of benzene rings is 1. The molecule has 0 amide bonds. The lowest BCUT2D eigenvalue weighted by molar-refractivity contribution is 0.201. The van der Waals surface area contributed by atoms with E-state index >= 15 is 0 Å². The van der Waals surface area contributed by atoms with E-state index in [1.54, 1.807) is 0 Å². The second-order valence-corrected chi connectivity index (χ2v) is 6.36. The van der Waals surface area contributed by atoms with Crippen molar-refractivity contribution in [3.8, 4) is 0 Å². The monoisotopic (exact) mass is 267 g/mol. The van der Waals surface area contributed by atoms with Gasteiger partial charge in [-0.15, -0.1) is 0 Å². The summed E-state index contributed by atoms with van der Waals surface area (Å²) in [6, 6.07) is 4.08. The van der Waals surface area contributed by atoms with Gasteiger partial charge in [0.2, 0.25) is 0 Å². The van der Waals surface area contributed by atoms with Gasteiger partial charge in [-0.25, -0.2) is 8.78 Å². The van der Waals surface area contributed by atoms with Crippen LogP contribution in [0.2, 0.25) is 0 Å². The van der Waals surface area contributed by atoms with Crippen LogP contribution in [-0.2, 0) is 6.42 Å². The zero-order valence-corrected chi connectivity index (χ0v) is 12.0. The standard InChI is InChI=1S/C16H23F2N/c1-16(2)6-4-5-14(16)15(19-3)9-11-7-12(17)10-13(18)8-11/h7-8,10,14-15,19H,4-6,9H2,1-3H3. The zero-order chi connectivity index (χ0) is 14.0. The Balaban J connectivity index is 2.15. The molecule has 0 bridgehead atoms. The highest BCUT2D eigenvalue weighted by Gasteiger charge is 2.38. The van der Waals surface area contributed by atoms with Crippen LogP contribution in [-0.4, -0.2) is 13.1 Å². The Hall–Kier alpha value is -0.960. The topological polar surface area (TPSA) is 12.0 Å². The summed E-state index contributed by atoms with van der Waals surface area (Å²) in [5, 5.41) is 3.34. The van der Waals surface area contributed by atoms with E-state index in [-0.39, 0.29) is 6.04 Å². The highest BCUT2D eigenvalue weighted by molar-refractivity contribution is 5.19. The summed E-state index contributed by atoms with van der Waals surface area (Å²) in [5.41, 5.74) is 1.04. The molecule has 1 N–H and O–H groups in total. The molecule has 1 aromatic rings. The summed E-state index contributed by atoms with van der Waals surface area (Å²) >= 11 is 0. The fraction of sp³-hybridized carbons (Fsp3) is 0.625. The molecule has 1 saturated carbocycles. The maximum Gasteiger partial charge on any atom is 0.126 e. The summed E-state index contributed by atoms with van der Waals surface area (Å²) in [6.07, 6.45) is 4.34. The van der Waals surface area contributed by atoms with E-state index in [0.29, 0.717) is 17.8 Å². The van der Waals surface area contributed by atoms with Gasteiger partial charge in [0.25, 0.3) is 0 Å². The van der Waals surface area contributed by atoms with Crippen molar-refractivity contribution in [1.82, 2.24) is 5.32 Å². The Morgan fingerprint density at radius 1 is 1.26 bits per heavy atom. The average Bonchev–Trinajstić information content (AvgIpc) is 2.64. The van der Waals surface area contributed by atoms with Gasteiger partial charge in [0.05, 0.1) is 0 Å². The van der Waals surface area contributed by atoms with Gasteiger partial charge in [-0.05, 0) is 55.3 Å². The molecule has 2 rings (SSSR count). The van der Waals surface area contributed by atoms with Crippen molar-refractivity contribution in [1.29, 1.82) is 0 Å². The lowest BCUT2D eigenvalue weighted by atomic mass is 9.76. The lowest BCUT2D eigenvalue weighted by Gasteiger charge is -2.34. The van der Waals surface area contributed by atoms with Gasteiger partial charge in [-0.3, -0.25) is 0 Å². The first kappa shape index (κ1) is 14.4. The molecule has 106 valence electrons. The fourth-order valence-electron chi connectivity index (χ4n) is 3.53. The van der Waals surface area contributed by atoms with Crippen molar-refractivity contribution in [2.24, 2.45) is 11.3 Å². The third kappa shape index (κ3) is 3.33. The van der Waals surface area contributed by atoms with E-state index < -0.39 is 11.6 Å². The van der Waals surface area contributed by atoms with Crippen LogP contribution in [0.4, 0.5) is 8.78 Å². The minimum Gasteiger partial charge on any atom is -0.316 e. The number of hydrogen-bond acceptors (Lipinski definition) is 1. The first-order valence-electron chi connectivity index (χ1n) is 7.04. The van der Waals surface area contributed by atoms with Gasteiger partial charge in [0.1, 0.15) is 11.6 Å². The van der Waals surface area contributed by atoms with Gasteiger partial charge >= 0.3 is 0 Å². The quantitative estimate of drug-likeness (QED) is 0.871. The van der Waals surface area contributed by atoms with Crippen LogP contribution in [0.1, 0.15) is 38.7 Å². The van der Waals surface area contributed by atoms with Gasteiger partial charge in [-0.1, -0.05) is 20.3 Å². The number of halogens is 2. The molecule has 2 unspecified atom stereocenters. The first-order chi connectivity index (χ1) is 8.92. The van der Waals surface area contributed by atoms with E-state index in [1.165, 1.54) is 31.4 Å². The van der Waals surface area contributed by atoms with Crippen LogP contribution in [0.3, 0.4) is 0 Å². The van der Waals surface area contributed by atoms with Gasteiger partial charge in [0, 0.05) is 12.1 Å². The van der Waals surface area contributed by atoms with Crippen molar-refractivity contribution in [3.63, 3.8) is 0 Å². The molecule has 1 aliphatic rings. The van der Waals surface area contributed by atoms with Gasteiger partial charge < -0.3 is 5.32 Å². The molecule has 1 aromatic carbocycles. The molecule has 0 aliphatic heterocycles. The zero-order valence-electron chi connectivity index (χ0n) is 12.0. The molecule has 0 aromatic heterocycles. The molecule has 19 heavy (non-hydrogen) atoms. The van der Waals surface area contributed by atoms with Crippen molar-refractivity contribution in [2.45, 2.75) is 45.6 Å². The molecule has 1 nitrogen and oxygen atoms in total. The summed E-state index contributed by atoms with van der Waals surface area (Å²) in [4.78, 5) is 0. The van der Waals surface area contributed by atoms with Crippen LogP contribution < -0.4 is 5.32 Å². The summed E-state index contributed by atoms with van der Waals surface area (Å²) in [5.74, 6) is -0.421. The summed E-state index contributed by atoms with van der Waals surface area (Å²) in [7, 11) is 1.94. The second kappa shape index (κ2) is 5.58. The molecular formula is C16H23F2N. The fourth-order valence-corrected chi connectivity index (χ4v) is 3.53. The molecule has 0 spiro atoms. The van der Waals surface area contributed by atoms with Crippen LogP contribution in [0, 0.1) is 23.0 Å². The number of likely N-dealkylation sites (N-methyl/N-ethyl adjacent to an activating group) is 1. The Kier molecular flexibility index (Phi) is 4.24. The number of hydrogen-bond donors (Lipinski definition) is 1. The van der Waals surface area contributed by atoms with Crippen molar-refractivity contribution in [3.05, 3.63) is 35.4 Å². The van der Waals surface area contributed by atoms with Crippen LogP contribution in [0.5, 0.6) is 0 Å². The molecule has 0 radical (unpaired) electrons. The molecule has 3 heteroatoms. The maximum absolute atomic E-state index is 13.3. The largest absolute Gasteiger partial charge is 0.316 e. The third-order valence-electron chi connectivity index (χ3n) is 4.57.